The third-order valence-electron chi connectivity index (χ3n) is 9.00. The van der Waals surface area contributed by atoms with Crippen LogP contribution < -0.4 is 5.38 Å². The van der Waals surface area contributed by atoms with Crippen LogP contribution in [0.4, 0.5) is 0 Å². The maximum Gasteiger partial charge on any atom is 0.334 e. The molecule has 0 amide bonds. The predicted molar refractivity (Wildman–Crippen MR) is 150 cm³/mol. The number of esters is 1. The maximum absolute atomic E-state index is 12.7. The second-order valence-electron chi connectivity index (χ2n) is 11.5. The number of carbonyl (C=O) groups excluding carboxylic acids is 1. The Hall–Kier alpha value is -1.81. The van der Waals surface area contributed by atoms with Gasteiger partial charge in [0.25, 0.3) is 0 Å². The molecule has 0 aromatic carbocycles. The average Bonchev–Trinajstić information content (AvgIpc) is 3.32. The van der Waals surface area contributed by atoms with Gasteiger partial charge in [-0.25, -0.2) is 4.79 Å². The lowest BCUT2D eigenvalue weighted by Crippen LogP contribution is -2.44. The second-order valence-corrected chi connectivity index (χ2v) is 16.7. The maximum atomic E-state index is 12.7. The van der Waals surface area contributed by atoms with Gasteiger partial charge in [0.2, 0.25) is 0 Å². The summed E-state index contributed by atoms with van der Waals surface area (Å²) >= 11 is 0. The number of hydrogen-bond donors (Lipinski definition) is 0. The largest absolute Gasteiger partial charge is 0.474 e. The normalized spacial score (nSPS) is 21.2. The zero-order valence-electron chi connectivity index (χ0n) is 23.4. The van der Waals surface area contributed by atoms with Gasteiger partial charge in [0.1, 0.15) is 14.2 Å². The van der Waals surface area contributed by atoms with Gasteiger partial charge >= 0.3 is 5.97 Å². The van der Waals surface area contributed by atoms with Crippen LogP contribution in [-0.4, -0.2) is 14.0 Å². The lowest BCUT2D eigenvalue weighted by molar-refractivity contribution is -0.146. The number of furan rings is 1. The Bertz CT molecular complexity index is 963. The highest BCUT2D eigenvalue weighted by Crippen LogP contribution is 2.42. The Morgan fingerprint density at radius 3 is 2.51 bits per heavy atom. The highest BCUT2D eigenvalue weighted by atomic mass is 28.3. The Morgan fingerprint density at radius 2 is 1.89 bits per heavy atom. The molecule has 1 aromatic heterocycles. The van der Waals surface area contributed by atoms with E-state index in [4.69, 9.17) is 9.15 Å². The molecule has 0 fully saturated rings. The van der Waals surface area contributed by atoms with E-state index < -0.39 is 8.07 Å². The fourth-order valence-electron chi connectivity index (χ4n) is 6.19. The van der Waals surface area contributed by atoms with Crippen molar-refractivity contribution in [1.29, 1.82) is 0 Å². The molecule has 2 heterocycles. The molecule has 0 saturated carbocycles. The van der Waals surface area contributed by atoms with Crippen LogP contribution in [0, 0.1) is 5.41 Å². The molecule has 1 atom stereocenters. The van der Waals surface area contributed by atoms with Crippen LogP contribution in [-0.2, 0) is 9.53 Å². The van der Waals surface area contributed by atoms with Crippen molar-refractivity contribution in [2.75, 3.05) is 0 Å². The van der Waals surface area contributed by atoms with Crippen LogP contribution in [0.1, 0.15) is 112 Å². The molecule has 1 aromatic rings. The van der Waals surface area contributed by atoms with Crippen LogP contribution >= 0.6 is 0 Å². The van der Waals surface area contributed by atoms with Crippen molar-refractivity contribution in [3.63, 3.8) is 0 Å². The van der Waals surface area contributed by atoms with E-state index in [1.54, 1.807) is 11.1 Å². The Labute approximate surface area is 215 Å². The number of hydrogen-bond acceptors (Lipinski definition) is 3. The summed E-state index contributed by atoms with van der Waals surface area (Å²) in [4.78, 5) is 12.7. The molecule has 1 aliphatic heterocycles. The van der Waals surface area contributed by atoms with Crippen molar-refractivity contribution in [3.05, 3.63) is 52.3 Å². The van der Waals surface area contributed by atoms with E-state index in [1.807, 2.05) is 6.26 Å². The number of carbonyl (C=O) groups is 1. The Morgan fingerprint density at radius 1 is 1.17 bits per heavy atom. The van der Waals surface area contributed by atoms with Crippen molar-refractivity contribution >= 4 is 19.4 Å². The monoisotopic (exact) mass is 496 g/mol. The summed E-state index contributed by atoms with van der Waals surface area (Å²) in [5.74, 6) is -0.162. The molecule has 3 nitrogen and oxygen atoms in total. The summed E-state index contributed by atoms with van der Waals surface area (Å²) in [6.45, 7) is 16.2. The van der Waals surface area contributed by atoms with Crippen molar-refractivity contribution < 1.29 is 13.9 Å². The zero-order valence-corrected chi connectivity index (χ0v) is 24.4. The fraction of sp³-hybridized carbons (Fsp3) is 0.645. The highest BCUT2D eigenvalue weighted by molar-refractivity contribution is 6.90. The third-order valence-corrected chi connectivity index (χ3v) is 14.4. The minimum atomic E-state index is -1.56. The van der Waals surface area contributed by atoms with Gasteiger partial charge in [-0.3, -0.25) is 0 Å². The fourth-order valence-corrected chi connectivity index (χ4v) is 9.52. The van der Waals surface area contributed by atoms with Gasteiger partial charge in [-0.05, 0) is 70.3 Å². The molecule has 2 aliphatic rings. The SMILES string of the molecule is CC[Si](CC)(CC)c1cc([C@H]2CC=C(CC/C=C(\C)CCC3=C(C)CCCC3(C)C)C(=O)O2)co1. The van der Waals surface area contributed by atoms with Crippen molar-refractivity contribution in [3.8, 4) is 0 Å². The molecule has 194 valence electrons. The lowest BCUT2D eigenvalue weighted by atomic mass is 9.71. The molecular formula is C31H48O3Si. The van der Waals surface area contributed by atoms with E-state index in [0.717, 1.165) is 42.2 Å². The first kappa shape index (κ1) is 27.8. The number of rotatable bonds is 11. The van der Waals surface area contributed by atoms with Gasteiger partial charge in [0.05, 0.1) is 11.6 Å². The van der Waals surface area contributed by atoms with Crippen LogP contribution in [0.25, 0.3) is 0 Å². The van der Waals surface area contributed by atoms with E-state index in [2.05, 4.69) is 66.7 Å². The van der Waals surface area contributed by atoms with Gasteiger partial charge in [0, 0.05) is 17.6 Å². The van der Waals surface area contributed by atoms with Crippen molar-refractivity contribution in [2.45, 2.75) is 124 Å². The number of cyclic esters (lactones) is 1. The molecule has 0 radical (unpaired) electrons. The Kier molecular flexibility index (Phi) is 9.48. The van der Waals surface area contributed by atoms with Gasteiger partial charge < -0.3 is 9.15 Å². The summed E-state index contributed by atoms with van der Waals surface area (Å²) in [6.07, 6.45) is 14.6. The molecule has 0 N–H and O–H groups in total. The summed E-state index contributed by atoms with van der Waals surface area (Å²) in [6, 6.07) is 5.73. The van der Waals surface area contributed by atoms with Crippen LogP contribution in [0.5, 0.6) is 0 Å². The van der Waals surface area contributed by atoms with Crippen LogP contribution in [0.3, 0.4) is 0 Å². The Balaban J connectivity index is 1.54. The quantitative estimate of drug-likeness (QED) is 0.174. The summed E-state index contributed by atoms with van der Waals surface area (Å²) in [5, 5.41) is 1.16. The average molecular weight is 497 g/mol. The molecule has 3 rings (SSSR count). The summed E-state index contributed by atoms with van der Waals surface area (Å²) in [7, 11) is -1.56. The van der Waals surface area contributed by atoms with Gasteiger partial charge in [-0.2, -0.15) is 0 Å². The standard InChI is InChI=1S/C31H48O3Si/c1-8-35(9-2,10-3)29-21-26(22-33-29)28-19-17-25(30(32)34-28)15-11-13-23(4)16-18-27-24(5)14-12-20-31(27,6)7/h13,17,21-22,28H,8-12,14-16,18-20H2,1-7H3/b23-13+/t28-/m1/s1. The summed E-state index contributed by atoms with van der Waals surface area (Å²) in [5.41, 5.74) is 6.88. The molecule has 0 spiro atoms. The third kappa shape index (κ3) is 6.50. The predicted octanol–water partition coefficient (Wildman–Crippen LogP) is 8.94. The van der Waals surface area contributed by atoms with Crippen molar-refractivity contribution in [1.82, 2.24) is 0 Å². The van der Waals surface area contributed by atoms with Crippen molar-refractivity contribution in [2.24, 2.45) is 5.41 Å². The lowest BCUT2D eigenvalue weighted by Gasteiger charge is -2.35. The smallest absolute Gasteiger partial charge is 0.334 e. The molecular weight excluding hydrogens is 448 g/mol. The molecule has 35 heavy (non-hydrogen) atoms. The van der Waals surface area contributed by atoms with Gasteiger partial charge in [-0.15, -0.1) is 0 Å². The molecule has 4 heteroatoms. The zero-order chi connectivity index (χ0) is 25.6. The van der Waals surface area contributed by atoms with E-state index in [0.29, 0.717) is 5.41 Å². The van der Waals surface area contributed by atoms with E-state index in [1.165, 1.54) is 49.4 Å². The summed E-state index contributed by atoms with van der Waals surface area (Å²) < 4.78 is 11.9. The van der Waals surface area contributed by atoms with E-state index in [9.17, 15) is 4.79 Å². The number of ether oxygens (including phenoxy) is 1. The second kappa shape index (κ2) is 11.9. The molecule has 0 saturated heterocycles. The molecule has 0 unspecified atom stereocenters. The molecule has 1 aliphatic carbocycles. The van der Waals surface area contributed by atoms with Gasteiger partial charge in [-0.1, -0.05) is 81.6 Å². The number of allylic oxidation sites excluding steroid dienone is 4. The minimum Gasteiger partial charge on any atom is -0.474 e. The topological polar surface area (TPSA) is 39.4 Å². The van der Waals surface area contributed by atoms with Gasteiger partial charge in [0.15, 0.2) is 0 Å². The van der Waals surface area contributed by atoms with Crippen LogP contribution in [0.15, 0.2) is 51.2 Å². The minimum absolute atomic E-state index is 0.162. The van der Waals surface area contributed by atoms with Crippen LogP contribution in [0.2, 0.25) is 18.1 Å². The molecule has 0 bridgehead atoms. The first-order chi connectivity index (χ1) is 16.7. The van der Waals surface area contributed by atoms with E-state index >= 15 is 0 Å². The first-order valence-corrected chi connectivity index (χ1v) is 16.6. The first-order valence-electron chi connectivity index (χ1n) is 14.0. The van der Waals surface area contributed by atoms with E-state index in [-0.39, 0.29) is 12.1 Å². The highest BCUT2D eigenvalue weighted by Gasteiger charge is 2.34.